The summed E-state index contributed by atoms with van der Waals surface area (Å²) in [7, 11) is 1.56. The van der Waals surface area contributed by atoms with Crippen LogP contribution in [0.15, 0.2) is 59.4 Å². The van der Waals surface area contributed by atoms with Gasteiger partial charge in [0.25, 0.3) is 11.5 Å². The van der Waals surface area contributed by atoms with Crippen LogP contribution in [0.5, 0.6) is 5.75 Å². The molecule has 0 bridgehead atoms. The van der Waals surface area contributed by atoms with Crippen LogP contribution >= 0.6 is 11.6 Å². The Bertz CT molecular complexity index is 1140. The molecule has 0 radical (unpaired) electrons. The van der Waals surface area contributed by atoms with E-state index in [0.29, 0.717) is 34.5 Å². The molecule has 30 heavy (non-hydrogen) atoms. The highest BCUT2D eigenvalue weighted by Gasteiger charge is 2.27. The van der Waals surface area contributed by atoms with Crippen LogP contribution in [-0.2, 0) is 6.54 Å². The first-order valence-corrected chi connectivity index (χ1v) is 10.2. The number of aromatic nitrogens is 2. The fourth-order valence-corrected chi connectivity index (χ4v) is 3.62. The summed E-state index contributed by atoms with van der Waals surface area (Å²) in [5.74, 6) is 0.938. The van der Waals surface area contributed by atoms with Gasteiger partial charge < -0.3 is 10.1 Å². The number of benzene rings is 2. The predicted molar refractivity (Wildman–Crippen MR) is 116 cm³/mol. The second-order valence-corrected chi connectivity index (χ2v) is 7.68. The summed E-state index contributed by atoms with van der Waals surface area (Å²) in [6, 6.07) is 16.0. The van der Waals surface area contributed by atoms with Crippen LogP contribution < -0.4 is 15.6 Å². The van der Waals surface area contributed by atoms with E-state index in [2.05, 4.69) is 10.4 Å². The minimum absolute atomic E-state index is 0.124. The number of carbonyl (C=O) groups excluding carboxylic acids is 1. The third kappa shape index (κ3) is 4.39. The minimum Gasteiger partial charge on any atom is -0.496 e. The van der Waals surface area contributed by atoms with E-state index < -0.39 is 0 Å². The largest absolute Gasteiger partial charge is 0.496 e. The number of halogens is 1. The van der Waals surface area contributed by atoms with Gasteiger partial charge in [0.1, 0.15) is 5.75 Å². The van der Waals surface area contributed by atoms with E-state index in [1.54, 1.807) is 31.4 Å². The molecule has 1 aromatic heterocycles. The van der Waals surface area contributed by atoms with Crippen LogP contribution in [-0.4, -0.2) is 29.3 Å². The molecule has 1 heterocycles. The third-order valence-corrected chi connectivity index (χ3v) is 5.37. The number of nitrogens with one attached hydrogen (secondary N) is 1. The maximum absolute atomic E-state index is 12.6. The summed E-state index contributed by atoms with van der Waals surface area (Å²) < 4.78 is 6.72. The van der Waals surface area contributed by atoms with Gasteiger partial charge in [-0.1, -0.05) is 29.8 Å². The third-order valence-electron chi connectivity index (χ3n) is 5.14. The van der Waals surface area contributed by atoms with Crippen molar-refractivity contribution in [3.05, 3.63) is 81.1 Å². The maximum Gasteiger partial charge on any atom is 0.266 e. The molecule has 7 heteroatoms. The molecule has 1 aliphatic carbocycles. The van der Waals surface area contributed by atoms with Crippen molar-refractivity contribution >= 4 is 17.5 Å². The molecule has 1 fully saturated rings. The van der Waals surface area contributed by atoms with E-state index in [9.17, 15) is 9.59 Å². The molecule has 3 aromatic rings. The Hall–Kier alpha value is -3.12. The Labute approximate surface area is 179 Å². The van der Waals surface area contributed by atoms with Gasteiger partial charge in [0.15, 0.2) is 0 Å². The number of rotatable bonds is 7. The summed E-state index contributed by atoms with van der Waals surface area (Å²) in [6.07, 6.45) is 2.26. The van der Waals surface area contributed by atoms with Crippen molar-refractivity contribution in [3.8, 4) is 17.0 Å². The average Bonchev–Trinajstić information content (AvgIpc) is 3.60. The van der Waals surface area contributed by atoms with E-state index in [1.165, 1.54) is 10.7 Å². The zero-order valence-electron chi connectivity index (χ0n) is 16.6. The quantitative estimate of drug-likeness (QED) is 0.625. The molecule has 0 spiro atoms. The van der Waals surface area contributed by atoms with Gasteiger partial charge in [-0.15, -0.1) is 0 Å². The van der Waals surface area contributed by atoms with Crippen molar-refractivity contribution in [1.29, 1.82) is 0 Å². The summed E-state index contributed by atoms with van der Waals surface area (Å²) in [5, 5.41) is 7.90. The Kier molecular flexibility index (Phi) is 5.86. The first-order chi connectivity index (χ1) is 14.6. The fraction of sp³-hybridized carbons (Fsp3) is 0.261. The number of methoxy groups -OCH3 is 1. The number of ether oxygens (including phenoxy) is 1. The number of nitrogens with zero attached hydrogens (tertiary/aromatic N) is 2. The van der Waals surface area contributed by atoms with Crippen LogP contribution in [0.1, 0.15) is 34.7 Å². The van der Waals surface area contributed by atoms with Crippen LogP contribution in [0.25, 0.3) is 11.3 Å². The molecule has 6 nitrogen and oxygen atoms in total. The van der Waals surface area contributed by atoms with Gasteiger partial charge in [-0.3, -0.25) is 9.59 Å². The SMILES string of the molecule is COc1cc(Cl)ccc1-c1ccc(=O)n(CCNC(=O)c2ccccc2C2CC2)n1. The predicted octanol–water partition coefficient (Wildman–Crippen LogP) is 3.88. The van der Waals surface area contributed by atoms with Crippen molar-refractivity contribution in [3.63, 3.8) is 0 Å². The van der Waals surface area contributed by atoms with Gasteiger partial charge in [0.2, 0.25) is 0 Å². The summed E-state index contributed by atoms with van der Waals surface area (Å²) >= 11 is 6.03. The molecule has 1 amide bonds. The van der Waals surface area contributed by atoms with E-state index in [-0.39, 0.29) is 18.0 Å². The van der Waals surface area contributed by atoms with Gasteiger partial charge in [-0.25, -0.2) is 4.68 Å². The maximum atomic E-state index is 12.6. The minimum atomic E-state index is -0.237. The molecule has 2 aromatic carbocycles. The molecule has 0 aliphatic heterocycles. The van der Waals surface area contributed by atoms with E-state index >= 15 is 0 Å². The summed E-state index contributed by atoms with van der Waals surface area (Å²) in [4.78, 5) is 24.9. The molecule has 154 valence electrons. The van der Waals surface area contributed by atoms with Crippen molar-refractivity contribution < 1.29 is 9.53 Å². The van der Waals surface area contributed by atoms with Crippen molar-refractivity contribution in [2.45, 2.75) is 25.3 Å². The molecule has 4 rings (SSSR count). The molecule has 1 aliphatic rings. The average molecular weight is 424 g/mol. The summed E-state index contributed by atoms with van der Waals surface area (Å²) in [6.45, 7) is 0.561. The van der Waals surface area contributed by atoms with Gasteiger partial charge >= 0.3 is 0 Å². The monoisotopic (exact) mass is 423 g/mol. The van der Waals surface area contributed by atoms with E-state index in [0.717, 1.165) is 24.0 Å². The number of hydrogen-bond acceptors (Lipinski definition) is 4. The lowest BCUT2D eigenvalue weighted by molar-refractivity contribution is 0.0950. The molecular weight excluding hydrogens is 402 g/mol. The second kappa shape index (κ2) is 8.71. The first kappa shape index (κ1) is 20.2. The lowest BCUT2D eigenvalue weighted by atomic mass is 10.0. The first-order valence-electron chi connectivity index (χ1n) is 9.86. The van der Waals surface area contributed by atoms with Gasteiger partial charge in [0.05, 0.1) is 19.3 Å². The topological polar surface area (TPSA) is 73.2 Å². The van der Waals surface area contributed by atoms with Crippen LogP contribution in [0.4, 0.5) is 0 Å². The van der Waals surface area contributed by atoms with Gasteiger partial charge in [-0.2, -0.15) is 5.10 Å². The molecule has 1 N–H and O–H groups in total. The fourth-order valence-electron chi connectivity index (χ4n) is 3.45. The highest BCUT2D eigenvalue weighted by molar-refractivity contribution is 6.30. The Morgan fingerprint density at radius 3 is 2.77 bits per heavy atom. The standard InChI is InChI=1S/C23H22ClN3O3/c1-30-21-14-16(24)8-9-19(21)20-10-11-22(28)27(26-20)13-12-25-23(29)18-5-3-2-4-17(18)15-6-7-15/h2-5,8-11,14-15H,6-7,12-13H2,1H3,(H,25,29). The normalized spacial score (nSPS) is 13.1. The summed E-state index contributed by atoms with van der Waals surface area (Å²) in [5.41, 5.74) is 2.90. The second-order valence-electron chi connectivity index (χ2n) is 7.24. The Morgan fingerprint density at radius 2 is 2.00 bits per heavy atom. The van der Waals surface area contributed by atoms with Crippen LogP contribution in [0.3, 0.4) is 0 Å². The molecule has 0 atom stereocenters. The Morgan fingerprint density at radius 1 is 1.20 bits per heavy atom. The zero-order valence-corrected chi connectivity index (χ0v) is 17.4. The van der Waals surface area contributed by atoms with Crippen LogP contribution in [0.2, 0.25) is 5.02 Å². The number of amides is 1. The lowest BCUT2D eigenvalue weighted by Gasteiger charge is -2.12. The molecule has 1 saturated carbocycles. The van der Waals surface area contributed by atoms with Crippen LogP contribution in [0, 0.1) is 0 Å². The van der Waals surface area contributed by atoms with Gasteiger partial charge in [-0.05, 0) is 54.7 Å². The Balaban J connectivity index is 1.47. The zero-order chi connectivity index (χ0) is 21.1. The lowest BCUT2D eigenvalue weighted by Crippen LogP contribution is -2.32. The highest BCUT2D eigenvalue weighted by atomic mass is 35.5. The van der Waals surface area contributed by atoms with Gasteiger partial charge in [0, 0.05) is 28.8 Å². The highest BCUT2D eigenvalue weighted by Crippen LogP contribution is 2.41. The van der Waals surface area contributed by atoms with Crippen molar-refractivity contribution in [2.24, 2.45) is 0 Å². The number of hydrogen-bond donors (Lipinski definition) is 1. The van der Waals surface area contributed by atoms with Crippen molar-refractivity contribution in [1.82, 2.24) is 15.1 Å². The number of carbonyl (C=O) groups is 1. The molecular formula is C23H22ClN3O3. The van der Waals surface area contributed by atoms with E-state index in [4.69, 9.17) is 16.3 Å². The van der Waals surface area contributed by atoms with Crippen molar-refractivity contribution in [2.75, 3.05) is 13.7 Å². The van der Waals surface area contributed by atoms with E-state index in [1.807, 2.05) is 24.3 Å². The molecule has 0 saturated heterocycles. The molecule has 0 unspecified atom stereocenters. The smallest absolute Gasteiger partial charge is 0.266 e.